The first-order chi connectivity index (χ1) is 9.24. The standard InChI is InChI=1S/C13H14ClN3OS/c1-9-8-19-13(16-9)12-7-17(4-5-18-12)11-2-3-15-6-10(11)14/h2-3,6,8,12H,4-5,7H2,1H3. The van der Waals surface area contributed by atoms with Crippen LogP contribution in [0.15, 0.2) is 23.8 Å². The van der Waals surface area contributed by atoms with Crippen LogP contribution in [-0.4, -0.2) is 29.7 Å². The van der Waals surface area contributed by atoms with Crippen LogP contribution in [0.25, 0.3) is 0 Å². The molecule has 0 radical (unpaired) electrons. The Kier molecular flexibility index (Phi) is 3.68. The lowest BCUT2D eigenvalue weighted by Crippen LogP contribution is -2.38. The fourth-order valence-corrected chi connectivity index (χ4v) is 3.24. The number of nitrogens with zero attached hydrogens (tertiary/aromatic N) is 3. The lowest BCUT2D eigenvalue weighted by Gasteiger charge is -2.34. The molecule has 6 heteroatoms. The highest BCUT2D eigenvalue weighted by atomic mass is 35.5. The molecule has 1 unspecified atom stereocenters. The highest BCUT2D eigenvalue weighted by molar-refractivity contribution is 7.09. The van der Waals surface area contributed by atoms with E-state index in [9.17, 15) is 0 Å². The van der Waals surface area contributed by atoms with Crippen molar-refractivity contribution in [2.45, 2.75) is 13.0 Å². The molecular weight excluding hydrogens is 282 g/mol. The Morgan fingerprint density at radius 1 is 1.53 bits per heavy atom. The van der Waals surface area contributed by atoms with Gasteiger partial charge in [0.25, 0.3) is 0 Å². The van der Waals surface area contributed by atoms with E-state index in [0.717, 1.165) is 29.5 Å². The summed E-state index contributed by atoms with van der Waals surface area (Å²) in [6.07, 6.45) is 3.46. The van der Waals surface area contributed by atoms with Gasteiger partial charge in [0, 0.05) is 30.0 Å². The quantitative estimate of drug-likeness (QED) is 0.853. The average Bonchev–Trinajstić information content (AvgIpc) is 2.86. The Labute approximate surface area is 121 Å². The number of morpholine rings is 1. The van der Waals surface area contributed by atoms with E-state index in [1.165, 1.54) is 0 Å². The molecule has 3 heterocycles. The summed E-state index contributed by atoms with van der Waals surface area (Å²) in [5.41, 5.74) is 2.06. The molecule has 0 amide bonds. The van der Waals surface area contributed by atoms with Crippen molar-refractivity contribution < 1.29 is 4.74 Å². The second kappa shape index (κ2) is 5.45. The second-order valence-electron chi connectivity index (χ2n) is 4.46. The van der Waals surface area contributed by atoms with Crippen LogP contribution < -0.4 is 4.90 Å². The maximum Gasteiger partial charge on any atom is 0.126 e. The number of rotatable bonds is 2. The van der Waals surface area contributed by atoms with E-state index in [2.05, 4.69) is 20.2 Å². The second-order valence-corrected chi connectivity index (χ2v) is 5.76. The van der Waals surface area contributed by atoms with Crippen molar-refractivity contribution in [3.8, 4) is 0 Å². The maximum atomic E-state index is 6.20. The van der Waals surface area contributed by atoms with Crippen LogP contribution >= 0.6 is 22.9 Å². The highest BCUT2D eigenvalue weighted by Gasteiger charge is 2.25. The fourth-order valence-electron chi connectivity index (χ4n) is 2.16. The lowest BCUT2D eigenvalue weighted by molar-refractivity contribution is 0.0396. The van der Waals surface area contributed by atoms with Gasteiger partial charge in [-0.25, -0.2) is 4.98 Å². The number of thiazole rings is 1. The third-order valence-corrected chi connectivity index (χ3v) is 4.42. The van der Waals surface area contributed by atoms with Gasteiger partial charge in [0.05, 0.1) is 23.9 Å². The predicted octanol–water partition coefficient (Wildman–Crippen LogP) is 3.08. The number of aryl methyl sites for hydroxylation is 1. The van der Waals surface area contributed by atoms with Crippen molar-refractivity contribution >= 4 is 28.6 Å². The fraction of sp³-hybridized carbons (Fsp3) is 0.385. The number of hydrogen-bond donors (Lipinski definition) is 0. The van der Waals surface area contributed by atoms with E-state index < -0.39 is 0 Å². The Bertz CT molecular complexity index is 575. The van der Waals surface area contributed by atoms with E-state index in [-0.39, 0.29) is 6.10 Å². The first-order valence-electron chi connectivity index (χ1n) is 6.12. The van der Waals surface area contributed by atoms with Crippen molar-refractivity contribution in [1.29, 1.82) is 0 Å². The van der Waals surface area contributed by atoms with Crippen molar-refractivity contribution in [3.63, 3.8) is 0 Å². The minimum Gasteiger partial charge on any atom is -0.367 e. The molecule has 2 aromatic heterocycles. The summed E-state index contributed by atoms with van der Waals surface area (Å²) in [5.74, 6) is 0. The monoisotopic (exact) mass is 295 g/mol. The number of halogens is 1. The molecule has 100 valence electrons. The Morgan fingerprint density at radius 3 is 3.16 bits per heavy atom. The van der Waals surface area contributed by atoms with Crippen LogP contribution in [0, 0.1) is 6.92 Å². The number of pyridine rings is 1. The van der Waals surface area contributed by atoms with Gasteiger partial charge in [-0.1, -0.05) is 11.6 Å². The zero-order chi connectivity index (χ0) is 13.2. The van der Waals surface area contributed by atoms with Crippen LogP contribution in [0.3, 0.4) is 0 Å². The molecule has 2 aromatic rings. The molecule has 0 aromatic carbocycles. The Morgan fingerprint density at radius 2 is 2.42 bits per heavy atom. The Hall–Kier alpha value is -1.17. The lowest BCUT2D eigenvalue weighted by atomic mass is 10.2. The summed E-state index contributed by atoms with van der Waals surface area (Å²) < 4.78 is 5.82. The SMILES string of the molecule is Cc1csc(C2CN(c3ccncc3Cl)CCO2)n1. The molecule has 0 saturated carbocycles. The van der Waals surface area contributed by atoms with Crippen LogP contribution in [0.4, 0.5) is 5.69 Å². The Balaban J connectivity index is 1.80. The highest BCUT2D eigenvalue weighted by Crippen LogP contribution is 2.31. The topological polar surface area (TPSA) is 38.2 Å². The molecule has 0 bridgehead atoms. The van der Waals surface area contributed by atoms with E-state index in [1.54, 1.807) is 23.7 Å². The number of ether oxygens (including phenoxy) is 1. The number of anilines is 1. The molecule has 1 atom stereocenters. The maximum absolute atomic E-state index is 6.20. The van der Waals surface area contributed by atoms with Gasteiger partial charge in [-0.2, -0.15) is 0 Å². The zero-order valence-corrected chi connectivity index (χ0v) is 12.1. The summed E-state index contributed by atoms with van der Waals surface area (Å²) in [4.78, 5) is 10.8. The van der Waals surface area contributed by atoms with Gasteiger partial charge in [0.2, 0.25) is 0 Å². The van der Waals surface area contributed by atoms with Crippen LogP contribution in [-0.2, 0) is 4.74 Å². The summed E-state index contributed by atoms with van der Waals surface area (Å²) in [7, 11) is 0. The average molecular weight is 296 g/mol. The van der Waals surface area contributed by atoms with Crippen molar-refractivity contribution in [2.24, 2.45) is 0 Å². The smallest absolute Gasteiger partial charge is 0.126 e. The minimum atomic E-state index is 0.0247. The third-order valence-electron chi connectivity index (χ3n) is 3.07. The van der Waals surface area contributed by atoms with Gasteiger partial charge in [-0.15, -0.1) is 11.3 Å². The normalized spacial score (nSPS) is 19.7. The van der Waals surface area contributed by atoms with E-state index >= 15 is 0 Å². The van der Waals surface area contributed by atoms with Crippen molar-refractivity contribution in [3.05, 3.63) is 39.6 Å². The molecule has 1 aliphatic rings. The van der Waals surface area contributed by atoms with Crippen LogP contribution in [0.2, 0.25) is 5.02 Å². The first-order valence-corrected chi connectivity index (χ1v) is 7.38. The third kappa shape index (κ3) is 2.73. The predicted molar refractivity (Wildman–Crippen MR) is 77.0 cm³/mol. The molecule has 0 spiro atoms. The molecule has 4 nitrogen and oxygen atoms in total. The number of hydrogen-bond acceptors (Lipinski definition) is 5. The van der Waals surface area contributed by atoms with Gasteiger partial charge >= 0.3 is 0 Å². The van der Waals surface area contributed by atoms with E-state index in [0.29, 0.717) is 11.6 Å². The van der Waals surface area contributed by atoms with Crippen LogP contribution in [0.5, 0.6) is 0 Å². The van der Waals surface area contributed by atoms with Gasteiger partial charge in [-0.05, 0) is 13.0 Å². The minimum absolute atomic E-state index is 0.0247. The largest absolute Gasteiger partial charge is 0.367 e. The summed E-state index contributed by atoms with van der Waals surface area (Å²) in [6, 6.07) is 1.94. The molecule has 3 rings (SSSR count). The summed E-state index contributed by atoms with van der Waals surface area (Å²) >= 11 is 7.85. The summed E-state index contributed by atoms with van der Waals surface area (Å²) in [5, 5.41) is 3.77. The molecule has 19 heavy (non-hydrogen) atoms. The molecular formula is C13H14ClN3OS. The van der Waals surface area contributed by atoms with Crippen molar-refractivity contribution in [2.75, 3.05) is 24.6 Å². The molecule has 0 N–H and O–H groups in total. The van der Waals surface area contributed by atoms with Gasteiger partial charge < -0.3 is 9.64 Å². The molecule has 1 fully saturated rings. The zero-order valence-electron chi connectivity index (χ0n) is 10.5. The van der Waals surface area contributed by atoms with Gasteiger partial charge in [0.15, 0.2) is 0 Å². The molecule has 0 aliphatic carbocycles. The first kappa shape index (κ1) is 12.8. The van der Waals surface area contributed by atoms with E-state index in [4.69, 9.17) is 16.3 Å². The van der Waals surface area contributed by atoms with Gasteiger partial charge in [-0.3, -0.25) is 4.98 Å². The summed E-state index contributed by atoms with van der Waals surface area (Å²) in [6.45, 7) is 4.30. The molecule has 1 aliphatic heterocycles. The van der Waals surface area contributed by atoms with Crippen molar-refractivity contribution in [1.82, 2.24) is 9.97 Å². The molecule has 1 saturated heterocycles. The van der Waals surface area contributed by atoms with E-state index in [1.807, 2.05) is 13.0 Å². The number of aromatic nitrogens is 2. The van der Waals surface area contributed by atoms with Crippen LogP contribution in [0.1, 0.15) is 16.8 Å². The van der Waals surface area contributed by atoms with Gasteiger partial charge in [0.1, 0.15) is 11.1 Å².